The zero-order valence-electron chi connectivity index (χ0n) is 12.1. The largest absolute Gasteiger partial charge is 0.380 e. The molecule has 1 aromatic rings. The van der Waals surface area contributed by atoms with Crippen molar-refractivity contribution in [2.45, 2.75) is 44.8 Å². The number of nitrogens with two attached hydrogens (primary N) is 1. The molecule has 1 fully saturated rings. The van der Waals surface area contributed by atoms with E-state index in [0.717, 1.165) is 24.1 Å². The van der Waals surface area contributed by atoms with Crippen LogP contribution in [-0.2, 0) is 16.1 Å². The summed E-state index contributed by atoms with van der Waals surface area (Å²) in [6.07, 6.45) is 5.02. The van der Waals surface area contributed by atoms with Crippen LogP contribution in [0.2, 0.25) is 0 Å². The number of carbonyl (C=O) groups is 1. The summed E-state index contributed by atoms with van der Waals surface area (Å²) in [6, 6.07) is 7.93. The number of hydrogen-bond donors (Lipinski definition) is 2. The fourth-order valence-corrected chi connectivity index (χ4v) is 2.85. The van der Waals surface area contributed by atoms with Crippen LogP contribution in [0.15, 0.2) is 24.3 Å². The van der Waals surface area contributed by atoms with E-state index in [2.05, 4.69) is 5.32 Å². The highest BCUT2D eigenvalue weighted by Crippen LogP contribution is 2.26. The van der Waals surface area contributed by atoms with Gasteiger partial charge in [0.1, 0.15) is 0 Å². The highest BCUT2D eigenvalue weighted by atomic mass is 16.5. The van der Waals surface area contributed by atoms with E-state index in [-0.39, 0.29) is 11.9 Å². The Morgan fingerprint density at radius 1 is 1.40 bits per heavy atom. The van der Waals surface area contributed by atoms with Gasteiger partial charge in [0.2, 0.25) is 5.91 Å². The highest BCUT2D eigenvalue weighted by Gasteiger charge is 2.24. The smallest absolute Gasteiger partial charge is 0.224 e. The predicted molar refractivity (Wildman–Crippen MR) is 80.3 cm³/mol. The number of anilines is 1. The van der Waals surface area contributed by atoms with E-state index in [0.29, 0.717) is 18.9 Å². The Bertz CT molecular complexity index is 448. The fourth-order valence-electron chi connectivity index (χ4n) is 2.85. The Morgan fingerprint density at radius 3 is 2.95 bits per heavy atom. The Kier molecular flexibility index (Phi) is 5.56. The normalized spacial score (nSPS) is 22.5. The number of hydrogen-bond acceptors (Lipinski definition) is 3. The summed E-state index contributed by atoms with van der Waals surface area (Å²) in [5.41, 5.74) is 7.97. The van der Waals surface area contributed by atoms with Gasteiger partial charge in [0.15, 0.2) is 0 Å². The molecule has 20 heavy (non-hydrogen) atoms. The molecule has 0 spiro atoms. The summed E-state index contributed by atoms with van der Waals surface area (Å²) in [6.45, 7) is 0.553. The molecule has 3 N–H and O–H groups in total. The molecule has 4 nitrogen and oxygen atoms in total. The van der Waals surface area contributed by atoms with Gasteiger partial charge in [-0.25, -0.2) is 0 Å². The van der Waals surface area contributed by atoms with E-state index in [1.54, 1.807) is 7.11 Å². The molecule has 0 aromatic heterocycles. The molecule has 110 valence electrons. The highest BCUT2D eigenvalue weighted by molar-refractivity contribution is 5.90. The Hall–Kier alpha value is -1.39. The number of nitrogens with one attached hydrogen (secondary N) is 1. The Balaban J connectivity index is 1.88. The van der Waals surface area contributed by atoms with Crippen molar-refractivity contribution < 1.29 is 9.53 Å². The second-order valence-electron chi connectivity index (χ2n) is 5.59. The van der Waals surface area contributed by atoms with Crippen LogP contribution in [0.4, 0.5) is 5.69 Å². The Morgan fingerprint density at radius 2 is 2.20 bits per heavy atom. The lowest BCUT2D eigenvalue weighted by Gasteiger charge is -2.27. The summed E-state index contributed by atoms with van der Waals surface area (Å²) >= 11 is 0. The van der Waals surface area contributed by atoms with E-state index in [9.17, 15) is 4.79 Å². The van der Waals surface area contributed by atoms with Crippen molar-refractivity contribution in [3.05, 3.63) is 29.8 Å². The van der Waals surface area contributed by atoms with Crippen molar-refractivity contribution >= 4 is 11.6 Å². The van der Waals surface area contributed by atoms with Gasteiger partial charge in [-0.2, -0.15) is 0 Å². The van der Waals surface area contributed by atoms with E-state index >= 15 is 0 Å². The molecular formula is C16H24N2O2. The minimum atomic E-state index is 0.0573. The molecule has 2 rings (SSSR count). The van der Waals surface area contributed by atoms with Crippen molar-refractivity contribution in [1.82, 2.24) is 0 Å². The lowest BCUT2D eigenvalue weighted by molar-refractivity contribution is -0.117. The van der Waals surface area contributed by atoms with Crippen molar-refractivity contribution in [2.75, 3.05) is 12.4 Å². The number of methoxy groups -OCH3 is 1. The number of ether oxygens (including phenoxy) is 1. The van der Waals surface area contributed by atoms with Gasteiger partial charge in [-0.15, -0.1) is 0 Å². The van der Waals surface area contributed by atoms with E-state index < -0.39 is 0 Å². The van der Waals surface area contributed by atoms with Crippen molar-refractivity contribution in [3.8, 4) is 0 Å². The summed E-state index contributed by atoms with van der Waals surface area (Å²) in [5.74, 6) is 0.382. The number of benzene rings is 1. The standard InChI is InChI=1S/C16H24N2O2/c1-20-11-12-5-4-7-14(9-12)18-16(19)10-13-6-2-3-8-15(13)17/h4-5,7,9,13,15H,2-3,6,8,10-11,17H2,1H3,(H,18,19). The van der Waals surface area contributed by atoms with Gasteiger partial charge < -0.3 is 15.8 Å². The zero-order valence-corrected chi connectivity index (χ0v) is 12.1. The molecule has 1 aliphatic carbocycles. The molecule has 1 amide bonds. The lowest BCUT2D eigenvalue weighted by atomic mass is 9.83. The maximum atomic E-state index is 12.1. The fraction of sp³-hybridized carbons (Fsp3) is 0.562. The molecule has 4 heteroatoms. The van der Waals surface area contributed by atoms with Crippen molar-refractivity contribution in [3.63, 3.8) is 0 Å². The van der Waals surface area contributed by atoms with Crippen molar-refractivity contribution in [2.24, 2.45) is 11.7 Å². The molecule has 2 atom stereocenters. The molecule has 1 aromatic carbocycles. The third-order valence-electron chi connectivity index (χ3n) is 3.94. The summed E-state index contributed by atoms with van der Waals surface area (Å²) in [7, 11) is 1.66. The summed E-state index contributed by atoms with van der Waals surface area (Å²) < 4.78 is 5.09. The molecule has 1 aliphatic rings. The third kappa shape index (κ3) is 4.32. The average molecular weight is 276 g/mol. The number of rotatable bonds is 5. The Labute approximate surface area is 120 Å². The van der Waals surface area contributed by atoms with Gasteiger partial charge in [-0.05, 0) is 36.5 Å². The van der Waals surface area contributed by atoms with Gasteiger partial charge in [-0.1, -0.05) is 25.0 Å². The third-order valence-corrected chi connectivity index (χ3v) is 3.94. The molecule has 0 saturated heterocycles. The second-order valence-corrected chi connectivity index (χ2v) is 5.59. The number of carbonyl (C=O) groups excluding carboxylic acids is 1. The molecular weight excluding hydrogens is 252 g/mol. The first-order chi connectivity index (χ1) is 9.69. The van der Waals surface area contributed by atoms with Gasteiger partial charge in [0.05, 0.1) is 6.61 Å². The predicted octanol–water partition coefficient (Wildman–Crippen LogP) is 2.68. The second kappa shape index (κ2) is 7.41. The lowest BCUT2D eigenvalue weighted by Crippen LogP contribution is -2.35. The zero-order chi connectivity index (χ0) is 14.4. The maximum Gasteiger partial charge on any atom is 0.224 e. The van der Waals surface area contributed by atoms with Crippen LogP contribution < -0.4 is 11.1 Å². The van der Waals surface area contributed by atoms with Crippen LogP contribution in [0.1, 0.15) is 37.7 Å². The van der Waals surface area contributed by atoms with Gasteiger partial charge in [0, 0.05) is 25.3 Å². The first kappa shape index (κ1) is 15.0. The minimum absolute atomic E-state index is 0.0573. The van der Waals surface area contributed by atoms with E-state index in [1.807, 2.05) is 24.3 Å². The SMILES string of the molecule is COCc1cccc(NC(=O)CC2CCCCC2N)c1. The van der Waals surface area contributed by atoms with Crippen molar-refractivity contribution in [1.29, 1.82) is 0 Å². The molecule has 1 saturated carbocycles. The van der Waals surface area contributed by atoms with Gasteiger partial charge in [-0.3, -0.25) is 4.79 Å². The summed E-state index contributed by atoms with van der Waals surface area (Å²) in [5, 5.41) is 2.96. The van der Waals surface area contributed by atoms with Crippen LogP contribution in [0.3, 0.4) is 0 Å². The topological polar surface area (TPSA) is 64.3 Å². The van der Waals surface area contributed by atoms with Gasteiger partial charge in [0.25, 0.3) is 0 Å². The van der Waals surface area contributed by atoms with E-state index in [1.165, 1.54) is 12.8 Å². The van der Waals surface area contributed by atoms with Crippen LogP contribution >= 0.6 is 0 Å². The quantitative estimate of drug-likeness (QED) is 0.869. The number of amides is 1. The maximum absolute atomic E-state index is 12.1. The van der Waals surface area contributed by atoms with Crippen LogP contribution in [0, 0.1) is 5.92 Å². The summed E-state index contributed by atoms with van der Waals surface area (Å²) in [4.78, 5) is 12.1. The monoisotopic (exact) mass is 276 g/mol. The van der Waals surface area contributed by atoms with E-state index in [4.69, 9.17) is 10.5 Å². The first-order valence-electron chi connectivity index (χ1n) is 7.32. The van der Waals surface area contributed by atoms with Crippen LogP contribution in [0.25, 0.3) is 0 Å². The average Bonchev–Trinajstić information content (AvgIpc) is 2.42. The molecule has 0 aliphatic heterocycles. The first-order valence-corrected chi connectivity index (χ1v) is 7.32. The molecule has 2 unspecified atom stereocenters. The van der Waals surface area contributed by atoms with Crippen LogP contribution in [-0.4, -0.2) is 19.1 Å². The molecule has 0 bridgehead atoms. The van der Waals surface area contributed by atoms with Crippen LogP contribution in [0.5, 0.6) is 0 Å². The molecule has 0 heterocycles. The minimum Gasteiger partial charge on any atom is -0.380 e. The van der Waals surface area contributed by atoms with Gasteiger partial charge >= 0.3 is 0 Å². The molecule has 0 radical (unpaired) electrons.